The fourth-order valence-electron chi connectivity index (χ4n) is 3.42. The van der Waals surface area contributed by atoms with E-state index in [0.29, 0.717) is 31.0 Å². The highest BCUT2D eigenvalue weighted by atomic mass is 32.2. The number of amides is 2. The van der Waals surface area contributed by atoms with Gasteiger partial charge in [-0.15, -0.1) is 11.3 Å². The second kappa shape index (κ2) is 9.54. The first-order valence-electron chi connectivity index (χ1n) is 9.59. The molecule has 0 radical (unpaired) electrons. The Kier molecular flexibility index (Phi) is 7.09. The van der Waals surface area contributed by atoms with Gasteiger partial charge in [0.25, 0.3) is 0 Å². The first-order chi connectivity index (χ1) is 13.5. The highest BCUT2D eigenvalue weighted by Gasteiger charge is 2.33. The van der Waals surface area contributed by atoms with E-state index in [0.717, 1.165) is 29.7 Å². The highest BCUT2D eigenvalue weighted by molar-refractivity contribution is 7.89. The molecule has 6 nitrogen and oxygen atoms in total. The average molecular weight is 422 g/mol. The summed E-state index contributed by atoms with van der Waals surface area (Å²) in [5.74, 6) is 0. The van der Waals surface area contributed by atoms with Gasteiger partial charge in [0.1, 0.15) is 0 Å². The maximum absolute atomic E-state index is 13.1. The van der Waals surface area contributed by atoms with Gasteiger partial charge >= 0.3 is 6.03 Å². The van der Waals surface area contributed by atoms with Crippen LogP contribution in [0, 0.1) is 6.92 Å². The smallest absolute Gasteiger partial charge is 0.315 e. The maximum Gasteiger partial charge on any atom is 0.315 e. The molecule has 1 unspecified atom stereocenters. The summed E-state index contributed by atoms with van der Waals surface area (Å²) in [6.45, 7) is 3.42. The molecule has 0 spiro atoms. The van der Waals surface area contributed by atoms with Crippen molar-refractivity contribution in [2.24, 2.45) is 0 Å². The number of rotatable bonds is 7. The molecule has 152 valence electrons. The van der Waals surface area contributed by atoms with Gasteiger partial charge in [-0.1, -0.05) is 30.2 Å². The molecule has 1 atom stereocenters. The van der Waals surface area contributed by atoms with Gasteiger partial charge in [0.15, 0.2) is 0 Å². The fourth-order valence-corrected chi connectivity index (χ4v) is 5.79. The largest absolute Gasteiger partial charge is 0.338 e. The summed E-state index contributed by atoms with van der Waals surface area (Å²) in [6, 6.07) is 10.6. The Morgan fingerprint density at radius 3 is 2.68 bits per heavy atom. The number of carbonyl (C=O) groups excluding carboxylic acids is 1. The Hall–Kier alpha value is -1.90. The molecule has 3 rings (SSSR count). The van der Waals surface area contributed by atoms with Crippen molar-refractivity contribution in [1.82, 2.24) is 14.9 Å². The number of nitrogens with zero attached hydrogens (tertiary/aromatic N) is 1. The van der Waals surface area contributed by atoms with Gasteiger partial charge in [-0.2, -0.15) is 4.31 Å². The topological polar surface area (TPSA) is 78.5 Å². The Bertz CT molecular complexity index is 865. The molecule has 1 aromatic carbocycles. The summed E-state index contributed by atoms with van der Waals surface area (Å²) in [5.41, 5.74) is 1.03. The Morgan fingerprint density at radius 1 is 1.18 bits per heavy atom. The standard InChI is InChI=1S/C20H27N3O3S2/c1-16-7-9-19(10-8-16)28(25,26)23-13-3-2-5-17(23)11-12-21-20(24)22-15-18-6-4-14-27-18/h4,6-10,14,17H,2-3,5,11-13,15H2,1H3,(H2,21,22,24). The quantitative estimate of drug-likeness (QED) is 0.718. The van der Waals surface area contributed by atoms with Crippen molar-refractivity contribution in [2.45, 2.75) is 50.1 Å². The van der Waals surface area contributed by atoms with Gasteiger partial charge in [0, 0.05) is 24.0 Å². The van der Waals surface area contributed by atoms with E-state index in [2.05, 4.69) is 10.6 Å². The molecule has 2 aromatic rings. The lowest BCUT2D eigenvalue weighted by molar-refractivity contribution is 0.229. The molecule has 0 bridgehead atoms. The number of hydrogen-bond acceptors (Lipinski definition) is 4. The van der Waals surface area contributed by atoms with Crippen LogP contribution in [0.3, 0.4) is 0 Å². The lowest BCUT2D eigenvalue weighted by atomic mass is 10.0. The van der Waals surface area contributed by atoms with Gasteiger partial charge in [-0.3, -0.25) is 0 Å². The van der Waals surface area contributed by atoms with Crippen LogP contribution in [0.5, 0.6) is 0 Å². The average Bonchev–Trinajstić information content (AvgIpc) is 3.21. The number of benzene rings is 1. The number of thiophene rings is 1. The highest BCUT2D eigenvalue weighted by Crippen LogP contribution is 2.27. The molecule has 2 N–H and O–H groups in total. The maximum atomic E-state index is 13.1. The molecule has 2 heterocycles. The van der Waals surface area contributed by atoms with Crippen LogP contribution in [-0.2, 0) is 16.6 Å². The van der Waals surface area contributed by atoms with Crippen LogP contribution in [0.1, 0.15) is 36.1 Å². The van der Waals surface area contributed by atoms with Gasteiger partial charge in [-0.25, -0.2) is 13.2 Å². The van der Waals surface area contributed by atoms with Crippen molar-refractivity contribution in [1.29, 1.82) is 0 Å². The van der Waals surface area contributed by atoms with Crippen molar-refractivity contribution in [3.05, 3.63) is 52.2 Å². The van der Waals surface area contributed by atoms with Crippen molar-refractivity contribution in [3.8, 4) is 0 Å². The molecule has 1 aromatic heterocycles. The minimum atomic E-state index is -3.51. The second-order valence-electron chi connectivity index (χ2n) is 7.06. The molecule has 0 aliphatic carbocycles. The SMILES string of the molecule is Cc1ccc(S(=O)(=O)N2CCCCC2CCNC(=O)NCc2cccs2)cc1. The van der Waals surface area contributed by atoms with Crippen LogP contribution in [0.2, 0.25) is 0 Å². The first kappa shape index (κ1) is 20.8. The third-order valence-electron chi connectivity index (χ3n) is 4.97. The van der Waals surface area contributed by atoms with E-state index >= 15 is 0 Å². The summed E-state index contributed by atoms with van der Waals surface area (Å²) in [5, 5.41) is 7.64. The third kappa shape index (κ3) is 5.33. The second-order valence-corrected chi connectivity index (χ2v) is 9.98. The van der Waals surface area contributed by atoms with Crippen molar-refractivity contribution in [3.63, 3.8) is 0 Å². The van der Waals surface area contributed by atoms with Crippen LogP contribution >= 0.6 is 11.3 Å². The van der Waals surface area contributed by atoms with E-state index < -0.39 is 10.0 Å². The Balaban J connectivity index is 1.54. The zero-order valence-electron chi connectivity index (χ0n) is 16.1. The number of urea groups is 1. The van der Waals surface area contributed by atoms with Crippen LogP contribution in [0.4, 0.5) is 4.79 Å². The lowest BCUT2D eigenvalue weighted by Crippen LogP contribution is -2.45. The van der Waals surface area contributed by atoms with E-state index in [1.165, 1.54) is 0 Å². The number of nitrogens with one attached hydrogen (secondary N) is 2. The summed E-state index contributed by atoms with van der Waals surface area (Å²) < 4.78 is 27.8. The summed E-state index contributed by atoms with van der Waals surface area (Å²) in [6.07, 6.45) is 3.31. The van der Waals surface area contributed by atoms with E-state index in [9.17, 15) is 13.2 Å². The van der Waals surface area contributed by atoms with E-state index in [1.54, 1.807) is 27.8 Å². The van der Waals surface area contributed by atoms with Gasteiger partial charge in [0.2, 0.25) is 10.0 Å². The van der Waals surface area contributed by atoms with E-state index in [4.69, 9.17) is 0 Å². The molecular weight excluding hydrogens is 394 g/mol. The molecule has 1 aliphatic rings. The van der Waals surface area contributed by atoms with E-state index in [1.807, 2.05) is 36.6 Å². The molecule has 8 heteroatoms. The first-order valence-corrected chi connectivity index (χ1v) is 11.9. The summed E-state index contributed by atoms with van der Waals surface area (Å²) in [4.78, 5) is 13.4. The normalized spacial score (nSPS) is 18.0. The van der Waals surface area contributed by atoms with Crippen LogP contribution in [0.25, 0.3) is 0 Å². The fraction of sp³-hybridized carbons (Fsp3) is 0.450. The predicted molar refractivity (Wildman–Crippen MR) is 112 cm³/mol. The monoisotopic (exact) mass is 421 g/mol. The van der Waals surface area contributed by atoms with Gasteiger partial charge in [0.05, 0.1) is 11.4 Å². The minimum absolute atomic E-state index is 0.0855. The number of carbonyl (C=O) groups is 1. The Morgan fingerprint density at radius 2 is 1.96 bits per heavy atom. The molecule has 28 heavy (non-hydrogen) atoms. The van der Waals surface area contributed by atoms with Crippen molar-refractivity contribution in [2.75, 3.05) is 13.1 Å². The molecular formula is C20H27N3O3S2. The lowest BCUT2D eigenvalue weighted by Gasteiger charge is -2.34. The number of hydrogen-bond donors (Lipinski definition) is 2. The number of sulfonamides is 1. The zero-order valence-corrected chi connectivity index (χ0v) is 17.7. The number of aryl methyl sites for hydroxylation is 1. The molecule has 0 saturated carbocycles. The van der Waals surface area contributed by atoms with Crippen LogP contribution in [-0.4, -0.2) is 37.9 Å². The molecule has 1 fully saturated rings. The van der Waals surface area contributed by atoms with Crippen molar-refractivity contribution >= 4 is 27.4 Å². The third-order valence-corrected chi connectivity index (χ3v) is 7.81. The molecule has 2 amide bonds. The van der Waals surface area contributed by atoms with Crippen LogP contribution in [0.15, 0.2) is 46.7 Å². The van der Waals surface area contributed by atoms with Crippen molar-refractivity contribution < 1.29 is 13.2 Å². The van der Waals surface area contributed by atoms with Gasteiger partial charge < -0.3 is 10.6 Å². The summed E-state index contributed by atoms with van der Waals surface area (Å²) >= 11 is 1.60. The summed E-state index contributed by atoms with van der Waals surface area (Å²) in [7, 11) is -3.51. The Labute approximate surface area is 171 Å². The van der Waals surface area contributed by atoms with Crippen LogP contribution < -0.4 is 10.6 Å². The minimum Gasteiger partial charge on any atom is -0.338 e. The molecule has 1 aliphatic heterocycles. The molecule has 1 saturated heterocycles. The van der Waals surface area contributed by atoms with Gasteiger partial charge in [-0.05, 0) is 49.8 Å². The number of piperidine rings is 1. The predicted octanol–water partition coefficient (Wildman–Crippen LogP) is 3.49. The van der Waals surface area contributed by atoms with E-state index in [-0.39, 0.29) is 12.1 Å². The zero-order chi connectivity index (χ0) is 20.0.